The molecule has 0 aliphatic heterocycles. The van der Waals surface area contributed by atoms with Crippen molar-refractivity contribution in [1.29, 1.82) is 0 Å². The summed E-state index contributed by atoms with van der Waals surface area (Å²) in [5.41, 5.74) is 6.27. The van der Waals surface area contributed by atoms with Crippen LogP contribution in [0.25, 0.3) is 0 Å². The van der Waals surface area contributed by atoms with E-state index in [0.29, 0.717) is 22.4 Å². The Morgan fingerprint density at radius 3 is 2.89 bits per heavy atom. The SMILES string of the molecule is Nc1ccc(Br)cc1S(=O)CCC(=O)NC1CC1. The van der Waals surface area contributed by atoms with Gasteiger partial charge in [-0.25, -0.2) is 0 Å². The lowest BCUT2D eigenvalue weighted by atomic mass is 10.3. The average molecular weight is 331 g/mol. The second-order valence-electron chi connectivity index (χ2n) is 4.32. The summed E-state index contributed by atoms with van der Waals surface area (Å²) in [6, 6.07) is 5.60. The van der Waals surface area contributed by atoms with Crippen molar-refractivity contribution in [3.05, 3.63) is 22.7 Å². The Labute approximate surface area is 117 Å². The van der Waals surface area contributed by atoms with Crippen molar-refractivity contribution in [3.8, 4) is 0 Å². The standard InChI is InChI=1S/C12H15BrN2O2S/c13-8-1-4-10(14)11(7-8)18(17)6-5-12(16)15-9-2-3-9/h1,4,7,9H,2-3,5-6,14H2,(H,15,16). The first-order valence-corrected chi connectivity index (χ1v) is 7.90. The van der Waals surface area contributed by atoms with Gasteiger partial charge in [-0.3, -0.25) is 9.00 Å². The quantitative estimate of drug-likeness (QED) is 0.808. The zero-order valence-corrected chi connectivity index (χ0v) is 12.2. The van der Waals surface area contributed by atoms with Crippen LogP contribution in [0.3, 0.4) is 0 Å². The number of hydrogen-bond acceptors (Lipinski definition) is 3. The van der Waals surface area contributed by atoms with E-state index >= 15 is 0 Å². The van der Waals surface area contributed by atoms with Crippen LogP contribution in [0.1, 0.15) is 19.3 Å². The molecule has 3 N–H and O–H groups in total. The van der Waals surface area contributed by atoms with Gasteiger partial charge in [0.05, 0.1) is 15.7 Å². The topological polar surface area (TPSA) is 72.2 Å². The minimum Gasteiger partial charge on any atom is -0.398 e. The molecule has 0 saturated heterocycles. The molecule has 1 unspecified atom stereocenters. The Bertz CT molecular complexity index is 489. The van der Waals surface area contributed by atoms with Crippen molar-refractivity contribution in [2.75, 3.05) is 11.5 Å². The lowest BCUT2D eigenvalue weighted by Gasteiger charge is -2.07. The van der Waals surface area contributed by atoms with Gasteiger partial charge in [-0.2, -0.15) is 0 Å². The molecule has 4 nitrogen and oxygen atoms in total. The Balaban J connectivity index is 1.90. The average Bonchev–Trinajstić information content (AvgIpc) is 3.13. The van der Waals surface area contributed by atoms with E-state index in [-0.39, 0.29) is 12.3 Å². The summed E-state index contributed by atoms with van der Waals surface area (Å²) >= 11 is 3.32. The number of hydrogen-bond donors (Lipinski definition) is 2. The third-order valence-electron chi connectivity index (χ3n) is 2.68. The maximum absolute atomic E-state index is 12.1. The van der Waals surface area contributed by atoms with Gasteiger partial charge in [0.25, 0.3) is 0 Å². The lowest BCUT2D eigenvalue weighted by Crippen LogP contribution is -2.26. The molecule has 1 aliphatic carbocycles. The molecule has 0 bridgehead atoms. The second kappa shape index (κ2) is 5.84. The van der Waals surface area contributed by atoms with E-state index in [0.717, 1.165) is 17.3 Å². The largest absolute Gasteiger partial charge is 0.398 e. The van der Waals surface area contributed by atoms with Crippen LogP contribution in [-0.4, -0.2) is 21.9 Å². The van der Waals surface area contributed by atoms with Crippen LogP contribution < -0.4 is 11.1 Å². The summed E-state index contributed by atoms with van der Waals surface area (Å²) < 4.78 is 12.9. The minimum atomic E-state index is -1.24. The van der Waals surface area contributed by atoms with E-state index in [2.05, 4.69) is 21.2 Å². The highest BCUT2D eigenvalue weighted by Gasteiger charge is 2.23. The molecule has 98 valence electrons. The summed E-state index contributed by atoms with van der Waals surface area (Å²) in [5, 5.41) is 2.87. The Morgan fingerprint density at radius 2 is 2.22 bits per heavy atom. The number of nitrogens with two attached hydrogens (primary N) is 1. The summed E-state index contributed by atoms with van der Waals surface area (Å²) in [5.74, 6) is 0.276. The predicted molar refractivity (Wildman–Crippen MR) is 75.6 cm³/mol. The van der Waals surface area contributed by atoms with E-state index in [1.54, 1.807) is 18.2 Å². The molecule has 6 heteroatoms. The molecule has 0 radical (unpaired) electrons. The van der Waals surface area contributed by atoms with Crippen molar-refractivity contribution in [3.63, 3.8) is 0 Å². The molecule has 1 amide bonds. The maximum atomic E-state index is 12.1. The summed E-state index contributed by atoms with van der Waals surface area (Å²) in [7, 11) is -1.24. The third-order valence-corrected chi connectivity index (χ3v) is 4.59. The van der Waals surface area contributed by atoms with Crippen molar-refractivity contribution < 1.29 is 9.00 Å². The lowest BCUT2D eigenvalue weighted by molar-refractivity contribution is -0.120. The number of carbonyl (C=O) groups is 1. The molecule has 1 fully saturated rings. The van der Waals surface area contributed by atoms with Gasteiger partial charge < -0.3 is 11.1 Å². The van der Waals surface area contributed by atoms with Crippen LogP contribution in [0.4, 0.5) is 5.69 Å². The molecule has 2 rings (SSSR count). The highest BCUT2D eigenvalue weighted by molar-refractivity contribution is 9.10. The van der Waals surface area contributed by atoms with Crippen LogP contribution in [0, 0.1) is 0 Å². The first kappa shape index (κ1) is 13.5. The van der Waals surface area contributed by atoms with Gasteiger partial charge in [0.15, 0.2) is 0 Å². The molecule has 0 spiro atoms. The fraction of sp³-hybridized carbons (Fsp3) is 0.417. The van der Waals surface area contributed by atoms with Gasteiger partial charge in [-0.05, 0) is 31.0 Å². The van der Waals surface area contributed by atoms with Gasteiger partial charge in [0.2, 0.25) is 5.91 Å². The fourth-order valence-corrected chi connectivity index (χ4v) is 3.22. The third kappa shape index (κ3) is 3.81. The summed E-state index contributed by atoms with van der Waals surface area (Å²) in [6.45, 7) is 0. The minimum absolute atomic E-state index is 0.0283. The van der Waals surface area contributed by atoms with E-state index < -0.39 is 10.8 Å². The highest BCUT2D eigenvalue weighted by Crippen LogP contribution is 2.22. The van der Waals surface area contributed by atoms with Gasteiger partial charge in [0, 0.05) is 28.4 Å². The second-order valence-corrected chi connectivity index (χ2v) is 6.78. The zero-order chi connectivity index (χ0) is 13.1. The van der Waals surface area contributed by atoms with Gasteiger partial charge >= 0.3 is 0 Å². The number of nitrogen functional groups attached to an aromatic ring is 1. The van der Waals surface area contributed by atoms with Crippen LogP contribution in [0.15, 0.2) is 27.6 Å². The predicted octanol–water partition coefficient (Wildman–Crippen LogP) is 1.81. The molecule has 1 aromatic carbocycles. The maximum Gasteiger partial charge on any atom is 0.221 e. The van der Waals surface area contributed by atoms with E-state index in [9.17, 15) is 9.00 Å². The van der Waals surface area contributed by atoms with Crippen molar-refractivity contribution in [1.82, 2.24) is 5.32 Å². The molecule has 1 saturated carbocycles. The number of carbonyl (C=O) groups excluding carboxylic acids is 1. The Kier molecular flexibility index (Phi) is 4.40. The van der Waals surface area contributed by atoms with Crippen molar-refractivity contribution in [2.24, 2.45) is 0 Å². The number of amides is 1. The molecule has 1 aliphatic rings. The fourth-order valence-electron chi connectivity index (χ4n) is 1.53. The molecular formula is C12H15BrN2O2S. The van der Waals surface area contributed by atoms with E-state index in [1.807, 2.05) is 0 Å². The van der Waals surface area contributed by atoms with Crippen molar-refractivity contribution >= 4 is 38.3 Å². The molecule has 1 aromatic rings. The Morgan fingerprint density at radius 1 is 1.50 bits per heavy atom. The zero-order valence-electron chi connectivity index (χ0n) is 9.82. The normalized spacial score (nSPS) is 16.3. The molecule has 18 heavy (non-hydrogen) atoms. The smallest absolute Gasteiger partial charge is 0.221 e. The number of rotatable bonds is 5. The van der Waals surface area contributed by atoms with Gasteiger partial charge in [0.1, 0.15) is 0 Å². The van der Waals surface area contributed by atoms with Gasteiger partial charge in [-0.15, -0.1) is 0 Å². The van der Waals surface area contributed by atoms with Crippen LogP contribution in [-0.2, 0) is 15.6 Å². The number of anilines is 1. The highest BCUT2D eigenvalue weighted by atomic mass is 79.9. The first-order valence-electron chi connectivity index (χ1n) is 5.79. The number of nitrogens with one attached hydrogen (secondary N) is 1. The molecular weight excluding hydrogens is 316 g/mol. The first-order chi connectivity index (χ1) is 8.56. The summed E-state index contributed by atoms with van der Waals surface area (Å²) in [4.78, 5) is 12.1. The molecule has 0 heterocycles. The number of halogens is 1. The van der Waals surface area contributed by atoms with E-state index in [4.69, 9.17) is 5.73 Å². The van der Waals surface area contributed by atoms with E-state index in [1.165, 1.54) is 0 Å². The van der Waals surface area contributed by atoms with Crippen LogP contribution >= 0.6 is 15.9 Å². The molecule has 0 aromatic heterocycles. The van der Waals surface area contributed by atoms with Crippen molar-refractivity contribution in [2.45, 2.75) is 30.2 Å². The number of benzene rings is 1. The molecule has 1 atom stereocenters. The van der Waals surface area contributed by atoms with Gasteiger partial charge in [-0.1, -0.05) is 15.9 Å². The van der Waals surface area contributed by atoms with Crippen LogP contribution in [0.5, 0.6) is 0 Å². The van der Waals surface area contributed by atoms with Crippen LogP contribution in [0.2, 0.25) is 0 Å². The monoisotopic (exact) mass is 330 g/mol. The Hall–Kier alpha value is -0.880. The summed E-state index contributed by atoms with van der Waals surface area (Å²) in [6.07, 6.45) is 2.40.